The highest BCUT2D eigenvalue weighted by Gasteiger charge is 2.38. The van der Waals surface area contributed by atoms with E-state index in [1.807, 2.05) is 26.8 Å². The highest BCUT2D eigenvalue weighted by molar-refractivity contribution is 7.89. The van der Waals surface area contributed by atoms with E-state index in [0.717, 1.165) is 24.0 Å². The maximum absolute atomic E-state index is 12.8. The van der Waals surface area contributed by atoms with Crippen LogP contribution in [0.2, 0.25) is 0 Å². The summed E-state index contributed by atoms with van der Waals surface area (Å²) in [5.74, 6) is 0. The third kappa shape index (κ3) is 2.37. The van der Waals surface area contributed by atoms with Crippen LogP contribution in [0.25, 0.3) is 0 Å². The molecule has 106 valence electrons. The molecule has 0 bridgehead atoms. The Morgan fingerprint density at radius 1 is 1.26 bits per heavy atom. The molecule has 2 N–H and O–H groups in total. The number of benzene rings is 1. The number of hydrogen-bond acceptors (Lipinski definition) is 3. The van der Waals surface area contributed by atoms with Crippen molar-refractivity contribution < 1.29 is 8.42 Å². The molecular formula is C14H22N2O2S. The number of nitrogens with zero attached hydrogens (tertiary/aromatic N) is 1. The zero-order chi connectivity index (χ0) is 14.4. The average Bonchev–Trinajstić information content (AvgIpc) is 3.10. The lowest BCUT2D eigenvalue weighted by atomic mass is 10.1. The lowest BCUT2D eigenvalue weighted by Crippen LogP contribution is -2.34. The Labute approximate surface area is 115 Å². The quantitative estimate of drug-likeness (QED) is 0.862. The molecule has 19 heavy (non-hydrogen) atoms. The molecule has 0 spiro atoms. The molecule has 0 aromatic heterocycles. The second-order valence-electron chi connectivity index (χ2n) is 5.32. The summed E-state index contributed by atoms with van der Waals surface area (Å²) in [4.78, 5) is 0.393. The van der Waals surface area contributed by atoms with Crippen molar-refractivity contribution in [1.82, 2.24) is 4.31 Å². The zero-order valence-electron chi connectivity index (χ0n) is 12.0. The van der Waals surface area contributed by atoms with Gasteiger partial charge in [-0.3, -0.25) is 0 Å². The van der Waals surface area contributed by atoms with Gasteiger partial charge in [-0.2, -0.15) is 4.31 Å². The molecule has 0 atom stereocenters. The average molecular weight is 282 g/mol. The van der Waals surface area contributed by atoms with Crippen LogP contribution in [-0.4, -0.2) is 25.3 Å². The molecule has 2 rings (SSSR count). The van der Waals surface area contributed by atoms with Crippen LogP contribution in [0.5, 0.6) is 0 Å². The van der Waals surface area contributed by atoms with Crippen molar-refractivity contribution in [2.24, 2.45) is 0 Å². The molecule has 1 aliphatic carbocycles. The van der Waals surface area contributed by atoms with E-state index in [2.05, 4.69) is 0 Å². The fraction of sp³-hybridized carbons (Fsp3) is 0.571. The Morgan fingerprint density at radius 2 is 1.84 bits per heavy atom. The summed E-state index contributed by atoms with van der Waals surface area (Å²) in [6.45, 7) is 7.94. The summed E-state index contributed by atoms with van der Waals surface area (Å²) in [5, 5.41) is 0. The van der Waals surface area contributed by atoms with Crippen LogP contribution in [0.15, 0.2) is 11.0 Å². The fourth-order valence-corrected chi connectivity index (χ4v) is 4.82. The molecule has 0 amide bonds. The lowest BCUT2D eigenvalue weighted by Gasteiger charge is -2.23. The van der Waals surface area contributed by atoms with Crippen LogP contribution in [0.4, 0.5) is 5.69 Å². The Kier molecular flexibility index (Phi) is 3.62. The number of aryl methyl sites for hydroxylation is 2. The van der Waals surface area contributed by atoms with Gasteiger partial charge < -0.3 is 5.73 Å². The molecular weight excluding hydrogens is 260 g/mol. The second kappa shape index (κ2) is 4.80. The number of nitrogen functional groups attached to an aromatic ring is 1. The molecule has 0 unspecified atom stereocenters. The van der Waals surface area contributed by atoms with E-state index in [1.165, 1.54) is 0 Å². The van der Waals surface area contributed by atoms with Gasteiger partial charge in [0.2, 0.25) is 10.0 Å². The molecule has 5 heteroatoms. The van der Waals surface area contributed by atoms with Crippen molar-refractivity contribution in [3.63, 3.8) is 0 Å². The van der Waals surface area contributed by atoms with Crippen molar-refractivity contribution in [2.75, 3.05) is 12.3 Å². The monoisotopic (exact) mass is 282 g/mol. The van der Waals surface area contributed by atoms with Crippen LogP contribution in [0, 0.1) is 20.8 Å². The van der Waals surface area contributed by atoms with Gasteiger partial charge in [-0.15, -0.1) is 0 Å². The van der Waals surface area contributed by atoms with Crippen LogP contribution >= 0.6 is 0 Å². The van der Waals surface area contributed by atoms with Crippen LogP contribution < -0.4 is 5.73 Å². The van der Waals surface area contributed by atoms with Gasteiger partial charge in [-0.25, -0.2) is 8.42 Å². The lowest BCUT2D eigenvalue weighted by molar-refractivity contribution is 0.420. The van der Waals surface area contributed by atoms with Gasteiger partial charge in [0.1, 0.15) is 0 Å². The van der Waals surface area contributed by atoms with E-state index in [4.69, 9.17) is 5.73 Å². The van der Waals surface area contributed by atoms with E-state index in [1.54, 1.807) is 11.2 Å². The normalized spacial score (nSPS) is 16.1. The molecule has 1 aromatic carbocycles. The SMILES string of the molecule is CCN(C1CC1)S(=O)(=O)c1c(C)cc(C)c(N)c1C. The minimum Gasteiger partial charge on any atom is -0.398 e. The first-order chi connectivity index (χ1) is 8.80. The summed E-state index contributed by atoms with van der Waals surface area (Å²) in [6.07, 6.45) is 1.93. The topological polar surface area (TPSA) is 63.4 Å². The number of hydrogen-bond donors (Lipinski definition) is 1. The predicted molar refractivity (Wildman–Crippen MR) is 77.7 cm³/mol. The van der Waals surface area contributed by atoms with Crippen molar-refractivity contribution in [3.05, 3.63) is 22.8 Å². The summed E-state index contributed by atoms with van der Waals surface area (Å²) >= 11 is 0. The molecule has 1 aromatic rings. The fourth-order valence-electron chi connectivity index (χ4n) is 2.68. The largest absolute Gasteiger partial charge is 0.398 e. The van der Waals surface area contributed by atoms with Gasteiger partial charge in [0.15, 0.2) is 0 Å². The van der Waals surface area contributed by atoms with E-state index in [-0.39, 0.29) is 6.04 Å². The Balaban J connectivity index is 2.60. The third-order valence-corrected chi connectivity index (χ3v) is 6.11. The molecule has 0 heterocycles. The minimum atomic E-state index is -3.44. The highest BCUT2D eigenvalue weighted by Crippen LogP contribution is 2.35. The molecule has 1 saturated carbocycles. The van der Waals surface area contributed by atoms with Crippen molar-refractivity contribution in [1.29, 1.82) is 0 Å². The summed E-state index contributed by atoms with van der Waals surface area (Å²) < 4.78 is 27.2. The molecule has 1 aliphatic rings. The van der Waals surface area contributed by atoms with Crippen LogP contribution in [-0.2, 0) is 10.0 Å². The summed E-state index contributed by atoms with van der Waals surface area (Å²) in [7, 11) is -3.44. The Bertz CT molecular complexity index is 604. The first-order valence-electron chi connectivity index (χ1n) is 6.68. The van der Waals surface area contributed by atoms with Gasteiger partial charge in [-0.05, 0) is 50.3 Å². The number of rotatable bonds is 4. The van der Waals surface area contributed by atoms with Crippen LogP contribution in [0.1, 0.15) is 36.5 Å². The number of nitrogens with two attached hydrogens (primary N) is 1. The predicted octanol–water partition coefficient (Wildman–Crippen LogP) is 2.37. The van der Waals surface area contributed by atoms with Gasteiger partial charge in [0.25, 0.3) is 0 Å². The van der Waals surface area contributed by atoms with Gasteiger partial charge in [-0.1, -0.05) is 13.0 Å². The minimum absolute atomic E-state index is 0.177. The molecule has 4 nitrogen and oxygen atoms in total. The van der Waals surface area contributed by atoms with Crippen molar-refractivity contribution in [3.8, 4) is 0 Å². The first kappa shape index (κ1) is 14.3. The van der Waals surface area contributed by atoms with Gasteiger partial charge in [0.05, 0.1) is 4.90 Å². The summed E-state index contributed by atoms with van der Waals surface area (Å²) in [6, 6.07) is 2.03. The molecule has 1 fully saturated rings. The smallest absolute Gasteiger partial charge is 0.243 e. The van der Waals surface area contributed by atoms with E-state index in [0.29, 0.717) is 22.7 Å². The number of anilines is 1. The standard InChI is InChI=1S/C14H22N2O2S/c1-5-16(12-6-7-12)19(17,18)14-10(3)8-9(2)13(15)11(14)4/h8,12H,5-7,15H2,1-4H3. The van der Waals surface area contributed by atoms with E-state index >= 15 is 0 Å². The van der Waals surface area contributed by atoms with E-state index < -0.39 is 10.0 Å². The first-order valence-corrected chi connectivity index (χ1v) is 8.12. The number of sulfonamides is 1. The maximum Gasteiger partial charge on any atom is 0.243 e. The van der Waals surface area contributed by atoms with Crippen molar-refractivity contribution in [2.45, 2.75) is 51.5 Å². The van der Waals surface area contributed by atoms with Gasteiger partial charge >= 0.3 is 0 Å². The summed E-state index contributed by atoms with van der Waals surface area (Å²) in [5.41, 5.74) is 8.97. The van der Waals surface area contributed by atoms with Crippen LogP contribution in [0.3, 0.4) is 0 Å². The molecule has 0 radical (unpaired) electrons. The molecule has 0 saturated heterocycles. The highest BCUT2D eigenvalue weighted by atomic mass is 32.2. The Morgan fingerprint density at radius 3 is 2.32 bits per heavy atom. The Hall–Kier alpha value is -1.07. The third-order valence-electron chi connectivity index (χ3n) is 3.79. The maximum atomic E-state index is 12.8. The van der Waals surface area contributed by atoms with Gasteiger partial charge in [0, 0.05) is 18.3 Å². The molecule has 0 aliphatic heterocycles. The van der Waals surface area contributed by atoms with E-state index in [9.17, 15) is 8.42 Å². The van der Waals surface area contributed by atoms with Crippen molar-refractivity contribution >= 4 is 15.7 Å². The zero-order valence-corrected chi connectivity index (χ0v) is 12.8. The second-order valence-corrected chi connectivity index (χ2v) is 7.15.